The fourth-order valence-corrected chi connectivity index (χ4v) is 4.19. The van der Waals surface area contributed by atoms with Gasteiger partial charge in [0.2, 0.25) is 0 Å². The molecule has 0 radical (unpaired) electrons. The van der Waals surface area contributed by atoms with E-state index in [1.165, 1.54) is 28.2 Å². The lowest BCUT2D eigenvalue weighted by atomic mass is 9.83. The van der Waals surface area contributed by atoms with Crippen LogP contribution in [-0.4, -0.2) is 33.0 Å². The summed E-state index contributed by atoms with van der Waals surface area (Å²) in [6, 6.07) is 19.0. The third kappa shape index (κ3) is 2.96. The fraction of sp³-hybridized carbons (Fsp3) is 0.250. The predicted molar refractivity (Wildman–Crippen MR) is 98.8 cm³/mol. The van der Waals surface area contributed by atoms with Gasteiger partial charge in [-0.2, -0.15) is 0 Å². The number of hydrogen-bond donors (Lipinski definition) is 0. The van der Waals surface area contributed by atoms with Gasteiger partial charge in [-0.15, -0.1) is 5.10 Å². The van der Waals surface area contributed by atoms with Crippen LogP contribution in [0.2, 0.25) is 0 Å². The van der Waals surface area contributed by atoms with Crippen molar-refractivity contribution in [2.45, 2.75) is 25.3 Å². The molecule has 2 atom stereocenters. The maximum Gasteiger partial charge on any atom is 0.275 e. The maximum absolute atomic E-state index is 13.0. The van der Waals surface area contributed by atoms with E-state index < -0.39 is 0 Å². The molecule has 1 amide bonds. The number of fused-ring (bicyclic) bond motifs is 1. The van der Waals surface area contributed by atoms with Crippen molar-refractivity contribution in [2.24, 2.45) is 0 Å². The molecule has 3 aromatic rings. The summed E-state index contributed by atoms with van der Waals surface area (Å²) < 4.78 is 3.85. The minimum absolute atomic E-state index is 0.0324. The highest BCUT2D eigenvalue weighted by molar-refractivity contribution is 7.03. The SMILES string of the molecule is C[C@@H]1[C@H](c2ccccc2)c2ccccc2CCN1C(=O)c1csnn1. The molecule has 0 saturated heterocycles. The Morgan fingerprint density at radius 3 is 2.64 bits per heavy atom. The molecule has 0 bridgehead atoms. The highest BCUT2D eigenvalue weighted by atomic mass is 32.1. The van der Waals surface area contributed by atoms with E-state index in [1.54, 1.807) is 5.38 Å². The van der Waals surface area contributed by atoms with E-state index in [-0.39, 0.29) is 17.9 Å². The van der Waals surface area contributed by atoms with E-state index in [0.29, 0.717) is 12.2 Å². The third-order valence-corrected chi connectivity index (χ3v) is 5.49. The fourth-order valence-electron chi connectivity index (χ4n) is 3.76. The van der Waals surface area contributed by atoms with Gasteiger partial charge in [-0.3, -0.25) is 4.79 Å². The van der Waals surface area contributed by atoms with Crippen LogP contribution >= 0.6 is 11.5 Å². The molecule has 2 heterocycles. The molecule has 126 valence electrons. The van der Waals surface area contributed by atoms with Gasteiger partial charge in [-0.25, -0.2) is 0 Å². The molecular weight excluding hydrogens is 330 g/mol. The van der Waals surface area contributed by atoms with Crippen LogP contribution in [0, 0.1) is 0 Å². The molecule has 2 aromatic carbocycles. The molecule has 0 unspecified atom stereocenters. The lowest BCUT2D eigenvalue weighted by Gasteiger charge is -2.33. The van der Waals surface area contributed by atoms with Gasteiger partial charge in [0.15, 0.2) is 5.69 Å². The molecule has 1 aliphatic rings. The average molecular weight is 349 g/mol. The van der Waals surface area contributed by atoms with Crippen molar-refractivity contribution in [3.8, 4) is 0 Å². The smallest absolute Gasteiger partial charge is 0.275 e. The van der Waals surface area contributed by atoms with Gasteiger partial charge in [0.05, 0.1) is 0 Å². The molecule has 1 aliphatic heterocycles. The Balaban J connectivity index is 1.79. The Labute approximate surface area is 151 Å². The molecule has 0 saturated carbocycles. The van der Waals surface area contributed by atoms with E-state index >= 15 is 0 Å². The van der Waals surface area contributed by atoms with Gasteiger partial charge in [-0.1, -0.05) is 59.1 Å². The Bertz CT molecular complexity index is 864. The second-order valence-electron chi connectivity index (χ2n) is 6.37. The quantitative estimate of drug-likeness (QED) is 0.708. The Hall–Kier alpha value is -2.53. The van der Waals surface area contributed by atoms with E-state index in [9.17, 15) is 4.79 Å². The summed E-state index contributed by atoms with van der Waals surface area (Å²) in [7, 11) is 0. The summed E-state index contributed by atoms with van der Waals surface area (Å²) in [4.78, 5) is 14.9. The Morgan fingerprint density at radius 1 is 1.12 bits per heavy atom. The van der Waals surface area contributed by atoms with Crippen LogP contribution in [0.5, 0.6) is 0 Å². The van der Waals surface area contributed by atoms with Crippen molar-refractivity contribution < 1.29 is 4.79 Å². The van der Waals surface area contributed by atoms with Gasteiger partial charge in [0, 0.05) is 23.9 Å². The second kappa shape index (κ2) is 6.76. The van der Waals surface area contributed by atoms with Crippen molar-refractivity contribution in [3.63, 3.8) is 0 Å². The van der Waals surface area contributed by atoms with Crippen molar-refractivity contribution >= 4 is 17.4 Å². The monoisotopic (exact) mass is 349 g/mol. The van der Waals surface area contributed by atoms with Crippen LogP contribution in [0.15, 0.2) is 60.0 Å². The number of benzene rings is 2. The topological polar surface area (TPSA) is 46.1 Å². The molecule has 0 spiro atoms. The van der Waals surface area contributed by atoms with E-state index in [2.05, 4.69) is 65.0 Å². The van der Waals surface area contributed by atoms with Crippen molar-refractivity contribution in [1.29, 1.82) is 0 Å². The molecule has 0 fully saturated rings. The Morgan fingerprint density at radius 2 is 1.88 bits per heavy atom. The summed E-state index contributed by atoms with van der Waals surface area (Å²) >= 11 is 1.21. The highest BCUT2D eigenvalue weighted by Gasteiger charge is 2.34. The van der Waals surface area contributed by atoms with Gasteiger partial charge in [0.1, 0.15) is 0 Å². The van der Waals surface area contributed by atoms with Gasteiger partial charge in [0.25, 0.3) is 5.91 Å². The summed E-state index contributed by atoms with van der Waals surface area (Å²) in [6.07, 6.45) is 0.854. The number of rotatable bonds is 2. The number of aromatic nitrogens is 2. The van der Waals surface area contributed by atoms with Crippen LogP contribution in [0.1, 0.15) is 40.0 Å². The number of amides is 1. The lowest BCUT2D eigenvalue weighted by Crippen LogP contribution is -2.42. The number of nitrogens with zero attached hydrogens (tertiary/aromatic N) is 3. The predicted octanol–water partition coefficient (Wildman–Crippen LogP) is 3.76. The lowest BCUT2D eigenvalue weighted by molar-refractivity contribution is 0.0681. The molecule has 5 heteroatoms. The van der Waals surface area contributed by atoms with Gasteiger partial charge >= 0.3 is 0 Å². The van der Waals surface area contributed by atoms with E-state index in [1.807, 2.05) is 11.0 Å². The van der Waals surface area contributed by atoms with Crippen LogP contribution < -0.4 is 0 Å². The summed E-state index contributed by atoms with van der Waals surface area (Å²) in [5.74, 6) is 0.116. The van der Waals surface area contributed by atoms with Gasteiger partial charge < -0.3 is 4.90 Å². The molecule has 1 aromatic heterocycles. The highest BCUT2D eigenvalue weighted by Crippen LogP contribution is 2.36. The molecular formula is C20H19N3OS. The van der Waals surface area contributed by atoms with Crippen LogP contribution in [0.25, 0.3) is 0 Å². The van der Waals surface area contributed by atoms with Crippen molar-refractivity contribution in [1.82, 2.24) is 14.5 Å². The van der Waals surface area contributed by atoms with Crippen LogP contribution in [0.3, 0.4) is 0 Å². The zero-order valence-electron chi connectivity index (χ0n) is 14.0. The van der Waals surface area contributed by atoms with Crippen LogP contribution in [0.4, 0.5) is 0 Å². The first-order valence-electron chi connectivity index (χ1n) is 8.46. The zero-order chi connectivity index (χ0) is 17.2. The number of carbonyl (C=O) groups excluding carboxylic acids is 1. The van der Waals surface area contributed by atoms with Crippen molar-refractivity contribution in [2.75, 3.05) is 6.54 Å². The van der Waals surface area contributed by atoms with E-state index in [0.717, 1.165) is 6.42 Å². The van der Waals surface area contributed by atoms with Gasteiger partial charge in [-0.05, 0) is 41.6 Å². The first-order valence-corrected chi connectivity index (χ1v) is 9.30. The van der Waals surface area contributed by atoms with Crippen LogP contribution in [-0.2, 0) is 6.42 Å². The molecule has 25 heavy (non-hydrogen) atoms. The van der Waals surface area contributed by atoms with E-state index in [4.69, 9.17) is 0 Å². The summed E-state index contributed by atoms with van der Waals surface area (Å²) in [6.45, 7) is 2.83. The second-order valence-corrected chi connectivity index (χ2v) is 6.98. The molecule has 4 nitrogen and oxygen atoms in total. The molecule has 0 aliphatic carbocycles. The number of carbonyl (C=O) groups is 1. The average Bonchev–Trinajstić information content (AvgIpc) is 3.14. The third-order valence-electron chi connectivity index (χ3n) is 4.98. The summed E-state index contributed by atoms with van der Waals surface area (Å²) in [5, 5.41) is 5.71. The number of hydrogen-bond acceptors (Lipinski definition) is 4. The molecule has 4 rings (SSSR count). The standard InChI is InChI=1S/C20H19N3OS/c1-14-19(16-8-3-2-4-9-16)17-10-6-5-7-15(17)11-12-23(14)20(24)18-13-25-22-21-18/h2-10,13-14,19H,11-12H2,1H3/t14-,19-/m1/s1. The minimum atomic E-state index is -0.0324. The molecule has 0 N–H and O–H groups in total. The summed E-state index contributed by atoms with van der Waals surface area (Å²) in [5.41, 5.74) is 4.30. The normalized spacial score (nSPS) is 20.0. The largest absolute Gasteiger partial charge is 0.333 e. The first-order chi connectivity index (χ1) is 12.3. The maximum atomic E-state index is 13.0. The van der Waals surface area contributed by atoms with Crippen molar-refractivity contribution in [3.05, 3.63) is 82.4 Å². The zero-order valence-corrected chi connectivity index (χ0v) is 14.8. The minimum Gasteiger partial charge on any atom is -0.333 e. The Kier molecular flexibility index (Phi) is 4.32. The first kappa shape index (κ1) is 16.0.